The van der Waals surface area contributed by atoms with Gasteiger partial charge in [-0.2, -0.15) is 0 Å². The fourth-order valence-electron chi connectivity index (χ4n) is 2.90. The van der Waals surface area contributed by atoms with Gasteiger partial charge in [-0.05, 0) is 44.2 Å². The maximum atomic E-state index is 8.96. The van der Waals surface area contributed by atoms with Gasteiger partial charge in [0.25, 0.3) is 0 Å². The number of piperidine rings is 1. The van der Waals surface area contributed by atoms with Gasteiger partial charge in [0, 0.05) is 18.2 Å². The molecule has 0 spiro atoms. The Hall–Kier alpha value is -1.71. The predicted octanol–water partition coefficient (Wildman–Crippen LogP) is 2.71. The average Bonchev–Trinajstić information content (AvgIpc) is 2.40. The van der Waals surface area contributed by atoms with Crippen LogP contribution in [0.15, 0.2) is 23.4 Å². The average molecular weight is 261 g/mol. The van der Waals surface area contributed by atoms with Crippen molar-refractivity contribution in [3.8, 4) is 0 Å². The lowest BCUT2D eigenvalue weighted by Crippen LogP contribution is -2.42. The molecule has 0 aliphatic carbocycles. The van der Waals surface area contributed by atoms with Crippen LogP contribution < -0.4 is 10.6 Å². The minimum atomic E-state index is 0.184. The minimum Gasteiger partial charge on any atom is -0.409 e. The molecule has 1 aromatic carbocycles. The molecule has 1 saturated heterocycles. The lowest BCUT2D eigenvalue weighted by atomic mass is 9.92. The van der Waals surface area contributed by atoms with E-state index in [2.05, 4.69) is 36.9 Å². The second-order valence-electron chi connectivity index (χ2n) is 5.64. The van der Waals surface area contributed by atoms with Crippen LogP contribution in [0.4, 0.5) is 5.69 Å². The van der Waals surface area contributed by atoms with E-state index in [1.807, 2.05) is 12.1 Å². The summed E-state index contributed by atoms with van der Waals surface area (Å²) in [5, 5.41) is 12.1. The largest absolute Gasteiger partial charge is 0.409 e. The van der Waals surface area contributed by atoms with Crippen LogP contribution in [-0.2, 0) is 0 Å². The van der Waals surface area contributed by atoms with Gasteiger partial charge in [0.1, 0.15) is 0 Å². The summed E-state index contributed by atoms with van der Waals surface area (Å²) < 4.78 is 0. The number of oxime groups is 1. The van der Waals surface area contributed by atoms with E-state index < -0.39 is 0 Å². The first-order valence-corrected chi connectivity index (χ1v) is 6.88. The zero-order valence-electron chi connectivity index (χ0n) is 11.9. The van der Waals surface area contributed by atoms with E-state index in [9.17, 15) is 0 Å². The van der Waals surface area contributed by atoms with E-state index in [1.165, 1.54) is 18.4 Å². The number of amidine groups is 1. The van der Waals surface area contributed by atoms with Crippen molar-refractivity contribution in [3.63, 3.8) is 0 Å². The molecule has 4 nitrogen and oxygen atoms in total. The summed E-state index contributed by atoms with van der Waals surface area (Å²) in [6, 6.07) is 6.44. The Kier molecular flexibility index (Phi) is 3.98. The molecule has 1 fully saturated rings. The van der Waals surface area contributed by atoms with Crippen molar-refractivity contribution in [2.45, 2.75) is 39.7 Å². The molecule has 0 radical (unpaired) electrons. The number of nitrogens with two attached hydrogens (primary N) is 1. The predicted molar refractivity (Wildman–Crippen MR) is 78.9 cm³/mol. The van der Waals surface area contributed by atoms with E-state index in [0.717, 1.165) is 17.8 Å². The zero-order chi connectivity index (χ0) is 14.0. The standard InChI is InChI=1S/C15H23N3O/c1-10-7-8-12(3)18(9-10)14-11(2)5-4-6-13(14)15(16)17-19/h4-6,10,12,19H,7-9H2,1-3H3,(H2,16,17). The van der Waals surface area contributed by atoms with E-state index in [-0.39, 0.29) is 5.84 Å². The highest BCUT2D eigenvalue weighted by molar-refractivity contribution is 6.02. The van der Waals surface area contributed by atoms with Crippen molar-refractivity contribution in [2.75, 3.05) is 11.4 Å². The highest BCUT2D eigenvalue weighted by Crippen LogP contribution is 2.32. The number of para-hydroxylation sites is 1. The number of rotatable bonds is 2. The van der Waals surface area contributed by atoms with Gasteiger partial charge in [-0.15, -0.1) is 0 Å². The van der Waals surface area contributed by atoms with Gasteiger partial charge in [-0.3, -0.25) is 0 Å². The number of anilines is 1. The van der Waals surface area contributed by atoms with Gasteiger partial charge >= 0.3 is 0 Å². The topological polar surface area (TPSA) is 61.9 Å². The van der Waals surface area contributed by atoms with Gasteiger partial charge in [0.05, 0.1) is 5.69 Å². The van der Waals surface area contributed by atoms with Gasteiger partial charge < -0.3 is 15.8 Å². The van der Waals surface area contributed by atoms with Gasteiger partial charge in [-0.1, -0.05) is 24.2 Å². The van der Waals surface area contributed by atoms with Crippen molar-refractivity contribution in [1.82, 2.24) is 0 Å². The zero-order valence-corrected chi connectivity index (χ0v) is 11.9. The first-order chi connectivity index (χ1) is 9.04. The van der Waals surface area contributed by atoms with Crippen LogP contribution in [0.3, 0.4) is 0 Å². The molecule has 104 valence electrons. The monoisotopic (exact) mass is 261 g/mol. The van der Waals surface area contributed by atoms with Gasteiger partial charge in [-0.25, -0.2) is 0 Å². The second-order valence-corrected chi connectivity index (χ2v) is 5.64. The summed E-state index contributed by atoms with van der Waals surface area (Å²) in [7, 11) is 0. The fourth-order valence-corrected chi connectivity index (χ4v) is 2.90. The number of benzene rings is 1. The Bertz CT molecular complexity index is 484. The van der Waals surface area contributed by atoms with Crippen molar-refractivity contribution in [1.29, 1.82) is 0 Å². The summed E-state index contributed by atoms with van der Waals surface area (Å²) in [5.41, 5.74) is 8.93. The van der Waals surface area contributed by atoms with Crippen LogP contribution in [0.1, 0.15) is 37.8 Å². The second kappa shape index (κ2) is 5.51. The molecule has 1 aliphatic heterocycles. The van der Waals surface area contributed by atoms with Crippen molar-refractivity contribution >= 4 is 11.5 Å². The third kappa shape index (κ3) is 2.67. The van der Waals surface area contributed by atoms with E-state index in [1.54, 1.807) is 0 Å². The molecular weight excluding hydrogens is 238 g/mol. The molecular formula is C15H23N3O. The summed E-state index contributed by atoms with van der Waals surface area (Å²) in [4.78, 5) is 2.40. The molecule has 0 saturated carbocycles. The number of nitrogens with zero attached hydrogens (tertiary/aromatic N) is 2. The van der Waals surface area contributed by atoms with Crippen LogP contribution in [0.2, 0.25) is 0 Å². The highest BCUT2D eigenvalue weighted by atomic mass is 16.4. The molecule has 3 N–H and O–H groups in total. The molecule has 0 amide bonds. The normalized spacial score (nSPS) is 24.6. The molecule has 0 bridgehead atoms. The number of aryl methyl sites for hydroxylation is 1. The SMILES string of the molecule is Cc1cccc(/C(N)=N/O)c1N1CC(C)CCC1C. The molecule has 19 heavy (non-hydrogen) atoms. The van der Waals surface area contributed by atoms with Crippen LogP contribution in [-0.4, -0.2) is 23.6 Å². The van der Waals surface area contributed by atoms with E-state index in [4.69, 9.17) is 10.9 Å². The molecule has 0 aromatic heterocycles. The van der Waals surface area contributed by atoms with Crippen molar-refractivity contribution in [2.24, 2.45) is 16.8 Å². The van der Waals surface area contributed by atoms with Crippen LogP contribution >= 0.6 is 0 Å². The van der Waals surface area contributed by atoms with Gasteiger partial charge in [0.2, 0.25) is 0 Å². The third-order valence-corrected chi connectivity index (χ3v) is 4.03. The van der Waals surface area contributed by atoms with Crippen LogP contribution in [0.5, 0.6) is 0 Å². The Labute approximate surface area is 114 Å². The smallest absolute Gasteiger partial charge is 0.172 e. The highest BCUT2D eigenvalue weighted by Gasteiger charge is 2.26. The maximum Gasteiger partial charge on any atom is 0.172 e. The van der Waals surface area contributed by atoms with Crippen LogP contribution in [0.25, 0.3) is 0 Å². The third-order valence-electron chi connectivity index (χ3n) is 4.03. The summed E-state index contributed by atoms with van der Waals surface area (Å²) in [6.07, 6.45) is 2.45. The molecule has 1 heterocycles. The first kappa shape index (κ1) is 13.7. The Balaban J connectivity index is 2.48. The number of hydrogen-bond donors (Lipinski definition) is 2. The Morgan fingerprint density at radius 2 is 2.11 bits per heavy atom. The first-order valence-electron chi connectivity index (χ1n) is 6.88. The summed E-state index contributed by atoms with van der Waals surface area (Å²) in [6.45, 7) is 7.63. The molecule has 1 aliphatic rings. The molecule has 2 rings (SSSR count). The molecule has 2 unspecified atom stereocenters. The summed E-state index contributed by atoms with van der Waals surface area (Å²) >= 11 is 0. The number of hydrogen-bond acceptors (Lipinski definition) is 3. The Morgan fingerprint density at radius 1 is 1.37 bits per heavy atom. The Morgan fingerprint density at radius 3 is 2.79 bits per heavy atom. The minimum absolute atomic E-state index is 0.184. The van der Waals surface area contributed by atoms with E-state index >= 15 is 0 Å². The lowest BCUT2D eigenvalue weighted by Gasteiger charge is -2.40. The van der Waals surface area contributed by atoms with E-state index in [0.29, 0.717) is 12.0 Å². The van der Waals surface area contributed by atoms with Crippen LogP contribution in [0, 0.1) is 12.8 Å². The van der Waals surface area contributed by atoms with Crippen molar-refractivity contribution in [3.05, 3.63) is 29.3 Å². The maximum absolute atomic E-state index is 8.96. The lowest BCUT2D eigenvalue weighted by molar-refractivity contribution is 0.318. The molecule has 4 heteroatoms. The van der Waals surface area contributed by atoms with Gasteiger partial charge in [0.15, 0.2) is 5.84 Å². The molecule has 2 atom stereocenters. The summed E-state index contributed by atoms with van der Waals surface area (Å²) in [5.74, 6) is 0.861. The quantitative estimate of drug-likeness (QED) is 0.372. The fraction of sp³-hybridized carbons (Fsp3) is 0.533. The van der Waals surface area contributed by atoms with Crippen molar-refractivity contribution < 1.29 is 5.21 Å². The molecule has 1 aromatic rings.